The van der Waals surface area contributed by atoms with Crippen molar-refractivity contribution in [1.29, 1.82) is 0 Å². The van der Waals surface area contributed by atoms with Gasteiger partial charge in [0.15, 0.2) is 0 Å². The quantitative estimate of drug-likeness (QED) is 0.626. The first-order valence-corrected chi connectivity index (χ1v) is 7.98. The summed E-state index contributed by atoms with van der Waals surface area (Å²) in [6.07, 6.45) is 1.99. The fourth-order valence-electron chi connectivity index (χ4n) is 3.01. The Balaban J connectivity index is 2.16. The van der Waals surface area contributed by atoms with Crippen molar-refractivity contribution in [2.24, 2.45) is 11.3 Å². The highest BCUT2D eigenvalue weighted by atomic mass is 16.6. The molecule has 2 unspecified atom stereocenters. The van der Waals surface area contributed by atoms with E-state index in [-0.39, 0.29) is 6.10 Å². The predicted molar refractivity (Wildman–Crippen MR) is 86.0 cm³/mol. The van der Waals surface area contributed by atoms with Crippen molar-refractivity contribution in [3.8, 4) is 11.8 Å². The van der Waals surface area contributed by atoms with Crippen LogP contribution in [0.25, 0.3) is 0 Å². The highest BCUT2D eigenvalue weighted by molar-refractivity contribution is 5.85. The summed E-state index contributed by atoms with van der Waals surface area (Å²) in [6.45, 7) is 13.7. The van der Waals surface area contributed by atoms with Gasteiger partial charge in [-0.3, -0.25) is 4.90 Å². The van der Waals surface area contributed by atoms with Gasteiger partial charge in [0.05, 0.1) is 0 Å². The van der Waals surface area contributed by atoms with Crippen LogP contribution >= 0.6 is 0 Å². The van der Waals surface area contributed by atoms with Gasteiger partial charge >= 0.3 is 5.97 Å². The third kappa shape index (κ3) is 3.37. The van der Waals surface area contributed by atoms with E-state index >= 15 is 0 Å². The lowest BCUT2D eigenvalue weighted by atomic mass is 9.76. The minimum atomic E-state index is -1.82. The van der Waals surface area contributed by atoms with Crippen molar-refractivity contribution in [3.63, 3.8) is 0 Å². The molecule has 0 aromatic carbocycles. The Morgan fingerprint density at radius 2 is 1.91 bits per heavy atom. The summed E-state index contributed by atoms with van der Waals surface area (Å²) in [5.41, 5.74) is -1.95. The van der Waals surface area contributed by atoms with E-state index in [1.807, 2.05) is 0 Å². The summed E-state index contributed by atoms with van der Waals surface area (Å²) in [4.78, 5) is 15.0. The van der Waals surface area contributed by atoms with Crippen molar-refractivity contribution in [2.45, 2.75) is 52.2 Å². The van der Waals surface area contributed by atoms with Gasteiger partial charge < -0.3 is 9.84 Å². The van der Waals surface area contributed by atoms with E-state index in [0.29, 0.717) is 11.5 Å². The normalized spacial score (nSPS) is 30.0. The van der Waals surface area contributed by atoms with Crippen LogP contribution in [-0.2, 0) is 9.53 Å². The molecule has 3 aliphatic rings. The minimum Gasteiger partial charge on any atom is -0.458 e. The number of carbonyl (C=O) groups is 1. The highest BCUT2D eigenvalue weighted by Gasteiger charge is 2.49. The Labute approximate surface area is 133 Å². The van der Waals surface area contributed by atoms with E-state index in [1.54, 1.807) is 27.7 Å². The zero-order valence-corrected chi connectivity index (χ0v) is 14.1. The third-order valence-corrected chi connectivity index (χ3v) is 4.69. The predicted octanol–water partition coefficient (Wildman–Crippen LogP) is 1.98. The SMILES string of the molecule is C=C(C)C#CC(O)(C(=O)OC1CN2CCC1CC2)C(C)(C)C. The number of rotatable bonds is 2. The van der Waals surface area contributed by atoms with Gasteiger partial charge in [-0.1, -0.05) is 39.2 Å². The van der Waals surface area contributed by atoms with Gasteiger partial charge in [0.2, 0.25) is 5.60 Å². The van der Waals surface area contributed by atoms with Crippen molar-refractivity contribution >= 4 is 5.97 Å². The molecule has 122 valence electrons. The number of carbonyl (C=O) groups excluding carboxylic acids is 1. The molecular formula is C18H27NO3. The first-order chi connectivity index (χ1) is 10.1. The number of ether oxygens (including phenoxy) is 1. The summed E-state index contributed by atoms with van der Waals surface area (Å²) in [5.74, 6) is 5.20. The van der Waals surface area contributed by atoms with Gasteiger partial charge in [-0.05, 0) is 44.3 Å². The molecule has 3 heterocycles. The molecule has 0 aromatic heterocycles. The molecule has 1 N–H and O–H groups in total. The Morgan fingerprint density at radius 1 is 1.32 bits per heavy atom. The lowest BCUT2D eigenvalue weighted by Crippen LogP contribution is -2.56. The maximum atomic E-state index is 12.6. The topological polar surface area (TPSA) is 49.8 Å². The van der Waals surface area contributed by atoms with Crippen LogP contribution < -0.4 is 0 Å². The number of esters is 1. The van der Waals surface area contributed by atoms with Gasteiger partial charge in [-0.2, -0.15) is 0 Å². The molecular weight excluding hydrogens is 278 g/mol. The zero-order chi connectivity index (χ0) is 16.5. The van der Waals surface area contributed by atoms with Crippen LogP contribution in [-0.4, -0.2) is 47.3 Å². The van der Waals surface area contributed by atoms with E-state index in [0.717, 1.165) is 32.5 Å². The minimum absolute atomic E-state index is 0.129. The number of aliphatic hydroxyl groups is 1. The van der Waals surface area contributed by atoms with Crippen LogP contribution in [0.3, 0.4) is 0 Å². The second-order valence-corrected chi connectivity index (χ2v) is 7.57. The average molecular weight is 305 g/mol. The van der Waals surface area contributed by atoms with Gasteiger partial charge in [0.1, 0.15) is 6.10 Å². The summed E-state index contributed by atoms with van der Waals surface area (Å²) >= 11 is 0. The molecule has 3 fully saturated rings. The number of fused-ring (bicyclic) bond motifs is 3. The van der Waals surface area contributed by atoms with Gasteiger partial charge in [-0.25, -0.2) is 4.79 Å². The first kappa shape index (κ1) is 17.1. The van der Waals surface area contributed by atoms with Crippen LogP contribution in [0.2, 0.25) is 0 Å². The largest absolute Gasteiger partial charge is 0.458 e. The Morgan fingerprint density at radius 3 is 2.32 bits per heavy atom. The molecule has 0 radical (unpaired) electrons. The molecule has 4 nitrogen and oxygen atoms in total. The molecule has 3 saturated heterocycles. The Bertz CT molecular complexity index is 515. The van der Waals surface area contributed by atoms with E-state index in [2.05, 4.69) is 23.3 Å². The highest BCUT2D eigenvalue weighted by Crippen LogP contribution is 2.34. The van der Waals surface area contributed by atoms with Crippen LogP contribution in [0.4, 0.5) is 0 Å². The molecule has 2 bridgehead atoms. The van der Waals surface area contributed by atoms with Crippen LogP contribution in [0.15, 0.2) is 12.2 Å². The monoisotopic (exact) mass is 305 g/mol. The summed E-state index contributed by atoms with van der Waals surface area (Å²) in [5, 5.41) is 10.9. The molecule has 22 heavy (non-hydrogen) atoms. The molecule has 0 aliphatic carbocycles. The number of hydrogen-bond acceptors (Lipinski definition) is 4. The number of nitrogens with zero attached hydrogens (tertiary/aromatic N) is 1. The van der Waals surface area contributed by atoms with Crippen molar-refractivity contribution in [2.75, 3.05) is 19.6 Å². The lowest BCUT2D eigenvalue weighted by Gasteiger charge is -2.45. The van der Waals surface area contributed by atoms with Crippen LogP contribution in [0.5, 0.6) is 0 Å². The van der Waals surface area contributed by atoms with E-state index in [4.69, 9.17) is 4.74 Å². The second-order valence-electron chi connectivity index (χ2n) is 7.57. The lowest BCUT2D eigenvalue weighted by molar-refractivity contribution is -0.183. The van der Waals surface area contributed by atoms with E-state index < -0.39 is 17.0 Å². The molecule has 3 aliphatic heterocycles. The fraction of sp³-hybridized carbons (Fsp3) is 0.722. The molecule has 4 heteroatoms. The van der Waals surface area contributed by atoms with Crippen molar-refractivity contribution < 1.29 is 14.6 Å². The Kier molecular flexibility index (Phi) is 4.70. The molecule has 0 aromatic rings. The molecule has 0 spiro atoms. The summed E-state index contributed by atoms with van der Waals surface area (Å²) in [6, 6.07) is 0. The van der Waals surface area contributed by atoms with Gasteiger partial charge in [0.25, 0.3) is 0 Å². The third-order valence-electron chi connectivity index (χ3n) is 4.69. The van der Waals surface area contributed by atoms with Crippen molar-refractivity contribution in [1.82, 2.24) is 4.90 Å². The fourth-order valence-corrected chi connectivity index (χ4v) is 3.01. The van der Waals surface area contributed by atoms with Gasteiger partial charge in [0, 0.05) is 12.0 Å². The maximum absolute atomic E-state index is 12.6. The summed E-state index contributed by atoms with van der Waals surface area (Å²) in [7, 11) is 0. The van der Waals surface area contributed by atoms with Crippen LogP contribution in [0, 0.1) is 23.2 Å². The standard InChI is InChI=1S/C18H27NO3/c1-13(2)6-9-18(21,17(3,4)5)16(20)22-15-12-19-10-7-14(15)8-11-19/h14-15,21H,1,7-8,10-12H2,2-5H3. The molecule has 0 saturated carbocycles. The maximum Gasteiger partial charge on any atom is 0.351 e. The van der Waals surface area contributed by atoms with Gasteiger partial charge in [-0.15, -0.1) is 0 Å². The zero-order valence-electron chi connectivity index (χ0n) is 14.1. The van der Waals surface area contributed by atoms with Crippen LogP contribution in [0.1, 0.15) is 40.5 Å². The van der Waals surface area contributed by atoms with E-state index in [1.165, 1.54) is 0 Å². The number of piperidine rings is 3. The molecule has 0 amide bonds. The molecule has 3 rings (SSSR count). The number of allylic oxidation sites excluding steroid dienone is 1. The molecule has 2 atom stereocenters. The average Bonchev–Trinajstić information content (AvgIpc) is 2.44. The van der Waals surface area contributed by atoms with E-state index in [9.17, 15) is 9.90 Å². The summed E-state index contributed by atoms with van der Waals surface area (Å²) < 4.78 is 5.69. The first-order valence-electron chi connectivity index (χ1n) is 7.98. The second kappa shape index (κ2) is 6.06. The Hall–Kier alpha value is -1.31. The smallest absolute Gasteiger partial charge is 0.351 e. The van der Waals surface area contributed by atoms with Crippen molar-refractivity contribution in [3.05, 3.63) is 12.2 Å². The number of hydrogen-bond donors (Lipinski definition) is 1.